The molecule has 0 N–H and O–H groups in total. The summed E-state index contributed by atoms with van der Waals surface area (Å²) in [5, 5.41) is 0.191. The quantitative estimate of drug-likeness (QED) is 0.510. The van der Waals surface area contributed by atoms with Crippen molar-refractivity contribution in [1.82, 2.24) is 0 Å². The minimum atomic E-state index is -3.49. The lowest BCUT2D eigenvalue weighted by Crippen LogP contribution is -2.27. The molecule has 0 bridgehead atoms. The van der Waals surface area contributed by atoms with Crippen molar-refractivity contribution >= 4 is 34.7 Å². The molecule has 0 saturated heterocycles. The monoisotopic (exact) mass is 348 g/mol. The molecule has 0 saturated carbocycles. The summed E-state index contributed by atoms with van der Waals surface area (Å²) in [6.45, 7) is 0. The maximum absolute atomic E-state index is 14.6. The normalized spacial score (nSPS) is 11.4. The minimum absolute atomic E-state index is 0.0960. The van der Waals surface area contributed by atoms with Crippen LogP contribution in [0.4, 0.5) is 8.78 Å². The second-order valence-corrected chi connectivity index (χ2v) is 8.09. The lowest BCUT2D eigenvalue weighted by atomic mass is 10.3. The summed E-state index contributed by atoms with van der Waals surface area (Å²) in [7, 11) is -3.49. The van der Waals surface area contributed by atoms with E-state index in [1.807, 2.05) is 0 Å². The van der Waals surface area contributed by atoms with Crippen molar-refractivity contribution < 1.29 is 13.3 Å². The fourth-order valence-corrected chi connectivity index (χ4v) is 5.40. The molecule has 3 aromatic rings. The molecule has 116 valence electrons. The van der Waals surface area contributed by atoms with Crippen molar-refractivity contribution in [1.29, 1.82) is 0 Å². The van der Waals surface area contributed by atoms with Gasteiger partial charge in [0.2, 0.25) is 0 Å². The number of hydrogen-bond donors (Lipinski definition) is 0. The third-order valence-corrected chi connectivity index (χ3v) is 7.01. The summed E-state index contributed by atoms with van der Waals surface area (Å²) in [5.74, 6) is -1.86. The van der Waals surface area contributed by atoms with Crippen LogP contribution in [0.1, 0.15) is 0 Å². The van der Waals surface area contributed by atoms with Crippen molar-refractivity contribution in [2.24, 2.45) is 0 Å². The van der Waals surface area contributed by atoms with Crippen LogP contribution in [0.3, 0.4) is 0 Å². The van der Waals surface area contributed by atoms with E-state index in [2.05, 4.69) is 0 Å². The molecule has 0 atom stereocenters. The van der Waals surface area contributed by atoms with Crippen LogP contribution in [-0.2, 0) is 4.57 Å². The van der Waals surface area contributed by atoms with Crippen LogP contribution in [0, 0.1) is 11.6 Å². The molecule has 3 aromatic carbocycles. The van der Waals surface area contributed by atoms with E-state index >= 15 is 0 Å². The van der Waals surface area contributed by atoms with Gasteiger partial charge in [0.05, 0.1) is 5.30 Å². The van der Waals surface area contributed by atoms with Crippen molar-refractivity contribution in [2.75, 3.05) is 0 Å². The van der Waals surface area contributed by atoms with Crippen LogP contribution >= 0.6 is 18.7 Å². The van der Waals surface area contributed by atoms with Gasteiger partial charge in [-0.2, -0.15) is 0 Å². The Morgan fingerprint density at radius 1 is 0.739 bits per heavy atom. The van der Waals surface area contributed by atoms with E-state index in [1.54, 1.807) is 60.7 Å². The molecule has 5 heteroatoms. The summed E-state index contributed by atoms with van der Waals surface area (Å²) in [6.07, 6.45) is 0. The van der Waals surface area contributed by atoms with Gasteiger partial charge in [0, 0.05) is 10.6 Å². The Kier molecular flexibility index (Phi) is 4.34. The minimum Gasteiger partial charge on any atom is -0.309 e. The summed E-state index contributed by atoms with van der Waals surface area (Å²) in [5.41, 5.74) is 0. The predicted molar refractivity (Wildman–Crippen MR) is 90.8 cm³/mol. The Bertz CT molecular complexity index is 839. The maximum atomic E-state index is 14.6. The number of halogens is 3. The van der Waals surface area contributed by atoms with Crippen LogP contribution in [0.25, 0.3) is 0 Å². The van der Waals surface area contributed by atoms with Crippen molar-refractivity contribution in [2.45, 2.75) is 0 Å². The lowest BCUT2D eigenvalue weighted by Gasteiger charge is -2.20. The van der Waals surface area contributed by atoms with Gasteiger partial charge in [-0.15, -0.1) is 0 Å². The van der Waals surface area contributed by atoms with Crippen molar-refractivity contribution in [3.63, 3.8) is 0 Å². The van der Waals surface area contributed by atoms with Crippen LogP contribution in [0.2, 0.25) is 5.02 Å². The van der Waals surface area contributed by atoms with Gasteiger partial charge in [0.15, 0.2) is 13.0 Å². The van der Waals surface area contributed by atoms with Gasteiger partial charge >= 0.3 is 0 Å². The molecule has 23 heavy (non-hydrogen) atoms. The fraction of sp³-hybridized carbons (Fsp3) is 0. The van der Waals surface area contributed by atoms with Crippen LogP contribution in [0.15, 0.2) is 72.8 Å². The van der Waals surface area contributed by atoms with E-state index in [4.69, 9.17) is 11.6 Å². The lowest BCUT2D eigenvalue weighted by molar-refractivity contribution is 0.580. The zero-order chi connectivity index (χ0) is 16.4. The third kappa shape index (κ3) is 2.71. The Morgan fingerprint density at radius 3 is 1.70 bits per heavy atom. The third-order valence-electron chi connectivity index (χ3n) is 3.59. The first-order valence-corrected chi connectivity index (χ1v) is 8.99. The molecule has 0 unspecified atom stereocenters. The molecule has 0 heterocycles. The Labute approximate surface area is 137 Å². The van der Waals surface area contributed by atoms with Crippen molar-refractivity contribution in [3.05, 3.63) is 89.5 Å². The SMILES string of the molecule is O=P(c1ccccc1)(c1ccccc1)c1ccc(F)c(Cl)c1F. The molecular weight excluding hydrogens is 337 g/mol. The molecule has 0 aliphatic rings. The van der Waals surface area contributed by atoms with Crippen LogP contribution in [-0.4, -0.2) is 0 Å². The van der Waals surface area contributed by atoms with E-state index in [9.17, 15) is 13.3 Å². The summed E-state index contributed by atoms with van der Waals surface area (Å²) < 4.78 is 42.0. The average Bonchev–Trinajstić information content (AvgIpc) is 2.61. The van der Waals surface area contributed by atoms with E-state index in [-0.39, 0.29) is 5.30 Å². The van der Waals surface area contributed by atoms with E-state index in [1.165, 1.54) is 6.07 Å². The van der Waals surface area contributed by atoms with Crippen molar-refractivity contribution in [3.8, 4) is 0 Å². The predicted octanol–water partition coefficient (Wildman–Crippen LogP) is 4.26. The number of benzene rings is 3. The fourth-order valence-electron chi connectivity index (χ4n) is 2.46. The Morgan fingerprint density at radius 2 is 1.22 bits per heavy atom. The van der Waals surface area contributed by atoms with Gasteiger partial charge in [-0.05, 0) is 12.1 Å². The van der Waals surface area contributed by atoms with E-state index in [0.717, 1.165) is 6.07 Å². The van der Waals surface area contributed by atoms with Gasteiger partial charge in [-0.1, -0.05) is 72.3 Å². The molecular formula is C18H12ClF2OP. The average molecular weight is 349 g/mol. The Balaban J connectivity index is 2.35. The highest BCUT2D eigenvalue weighted by molar-refractivity contribution is 7.85. The van der Waals surface area contributed by atoms with E-state index < -0.39 is 23.8 Å². The first-order valence-electron chi connectivity index (χ1n) is 6.90. The molecule has 0 radical (unpaired) electrons. The van der Waals surface area contributed by atoms with Crippen LogP contribution in [0.5, 0.6) is 0 Å². The van der Waals surface area contributed by atoms with Gasteiger partial charge in [-0.3, -0.25) is 0 Å². The highest BCUT2D eigenvalue weighted by atomic mass is 35.5. The Hall–Kier alpha value is -1.96. The van der Waals surface area contributed by atoms with E-state index in [0.29, 0.717) is 10.6 Å². The summed E-state index contributed by atoms with van der Waals surface area (Å²) >= 11 is 5.69. The van der Waals surface area contributed by atoms with Gasteiger partial charge < -0.3 is 4.57 Å². The zero-order valence-electron chi connectivity index (χ0n) is 11.9. The summed E-state index contributed by atoms with van der Waals surface area (Å²) in [4.78, 5) is 0. The molecule has 3 rings (SSSR count). The first kappa shape index (κ1) is 15.9. The topological polar surface area (TPSA) is 17.1 Å². The second kappa shape index (κ2) is 6.27. The molecule has 1 nitrogen and oxygen atoms in total. The zero-order valence-corrected chi connectivity index (χ0v) is 13.6. The highest BCUT2D eigenvalue weighted by Crippen LogP contribution is 2.44. The molecule has 0 amide bonds. The first-order chi connectivity index (χ1) is 11.0. The second-order valence-electron chi connectivity index (χ2n) is 4.97. The standard InChI is InChI=1S/C18H12ClF2OP/c19-17-15(20)11-12-16(18(17)21)23(22,13-7-3-1-4-8-13)14-9-5-2-6-10-14/h1-12H. The smallest absolute Gasteiger partial charge is 0.173 e. The molecule has 0 aliphatic carbocycles. The molecule has 0 aliphatic heterocycles. The van der Waals surface area contributed by atoms with Gasteiger partial charge in [0.1, 0.15) is 10.8 Å². The number of rotatable bonds is 3. The largest absolute Gasteiger partial charge is 0.309 e. The number of hydrogen-bond acceptors (Lipinski definition) is 1. The van der Waals surface area contributed by atoms with Gasteiger partial charge in [0.25, 0.3) is 0 Å². The molecule has 0 fully saturated rings. The molecule has 0 spiro atoms. The highest BCUT2D eigenvalue weighted by Gasteiger charge is 2.33. The van der Waals surface area contributed by atoms with Gasteiger partial charge in [-0.25, -0.2) is 8.78 Å². The van der Waals surface area contributed by atoms with Crippen LogP contribution < -0.4 is 15.9 Å². The maximum Gasteiger partial charge on any atom is 0.173 e. The molecule has 0 aromatic heterocycles. The summed E-state index contributed by atoms with van der Waals surface area (Å²) in [6, 6.07) is 19.4.